The van der Waals surface area contributed by atoms with E-state index < -0.39 is 17.6 Å². The fourth-order valence-corrected chi connectivity index (χ4v) is 1.69. The van der Waals surface area contributed by atoms with Gasteiger partial charge in [0.25, 0.3) is 0 Å². The molecule has 1 aromatic heterocycles. The topological polar surface area (TPSA) is 99.9 Å². The second kappa shape index (κ2) is 5.58. The predicted molar refractivity (Wildman–Crippen MR) is 70.5 cm³/mol. The van der Waals surface area contributed by atoms with Crippen LogP contribution in [0.5, 0.6) is 11.5 Å². The molecule has 0 aliphatic carbocycles. The van der Waals surface area contributed by atoms with Crippen LogP contribution in [-0.4, -0.2) is 18.2 Å². The Morgan fingerprint density at radius 2 is 1.62 bits per heavy atom. The smallest absolute Gasteiger partial charge is 0.346 e. The molecule has 1 aromatic carbocycles. The van der Waals surface area contributed by atoms with Crippen molar-refractivity contribution in [3.63, 3.8) is 0 Å². The van der Waals surface area contributed by atoms with Crippen molar-refractivity contribution >= 4 is 29.2 Å². The minimum Gasteiger partial charge on any atom is -0.423 e. The molecule has 21 heavy (non-hydrogen) atoms. The highest BCUT2D eigenvalue weighted by Crippen LogP contribution is 2.32. The average molecular weight is 290 g/mol. The molecule has 0 bridgehead atoms. The van der Waals surface area contributed by atoms with E-state index in [1.165, 1.54) is 32.0 Å². The molecule has 0 saturated carbocycles. The molecule has 0 spiro atoms. The quantitative estimate of drug-likeness (QED) is 0.365. The van der Waals surface area contributed by atoms with Crippen LogP contribution in [0.15, 0.2) is 27.4 Å². The summed E-state index contributed by atoms with van der Waals surface area (Å²) in [5.74, 6) is -1.33. The number of rotatable bonds is 3. The number of benzene rings is 1. The molecule has 0 amide bonds. The van der Waals surface area contributed by atoms with E-state index in [9.17, 15) is 19.2 Å². The van der Waals surface area contributed by atoms with Crippen molar-refractivity contribution in [3.8, 4) is 11.5 Å². The third-order valence-corrected chi connectivity index (χ3v) is 2.46. The number of esters is 2. The lowest BCUT2D eigenvalue weighted by atomic mass is 10.1. The Bertz CT molecular complexity index is 801. The minimum absolute atomic E-state index is 0.0177. The summed E-state index contributed by atoms with van der Waals surface area (Å²) in [7, 11) is 0. The number of carbonyl (C=O) groups excluding carboxylic acids is 3. The maximum absolute atomic E-state index is 11.5. The van der Waals surface area contributed by atoms with E-state index in [2.05, 4.69) is 0 Å². The molecular weight excluding hydrogens is 280 g/mol. The van der Waals surface area contributed by atoms with Crippen molar-refractivity contribution in [1.82, 2.24) is 0 Å². The first kappa shape index (κ1) is 14.4. The largest absolute Gasteiger partial charge is 0.423 e. The number of aldehydes is 1. The van der Waals surface area contributed by atoms with E-state index >= 15 is 0 Å². The molecule has 108 valence electrons. The molecule has 0 aliphatic heterocycles. The zero-order valence-corrected chi connectivity index (χ0v) is 11.2. The van der Waals surface area contributed by atoms with E-state index in [1.54, 1.807) is 0 Å². The molecule has 0 saturated heterocycles. The van der Waals surface area contributed by atoms with Gasteiger partial charge in [-0.05, 0) is 12.1 Å². The van der Waals surface area contributed by atoms with Gasteiger partial charge in [0.05, 0.1) is 0 Å². The van der Waals surface area contributed by atoms with Crippen molar-refractivity contribution in [2.75, 3.05) is 0 Å². The van der Waals surface area contributed by atoms with Gasteiger partial charge in [-0.3, -0.25) is 14.4 Å². The maximum atomic E-state index is 11.5. The fourth-order valence-electron chi connectivity index (χ4n) is 1.69. The summed E-state index contributed by atoms with van der Waals surface area (Å²) in [5, 5.41) is 0.351. The Hall–Kier alpha value is -2.96. The summed E-state index contributed by atoms with van der Waals surface area (Å²) in [6.45, 7) is 2.36. The number of fused-ring (bicyclic) bond motifs is 1. The summed E-state index contributed by atoms with van der Waals surface area (Å²) in [4.78, 5) is 44.3. The van der Waals surface area contributed by atoms with Crippen LogP contribution in [-0.2, 0) is 9.59 Å². The van der Waals surface area contributed by atoms with E-state index in [4.69, 9.17) is 13.9 Å². The Balaban J connectivity index is 2.69. The van der Waals surface area contributed by atoms with Crippen LogP contribution in [0.3, 0.4) is 0 Å². The van der Waals surface area contributed by atoms with Gasteiger partial charge in [0.1, 0.15) is 11.1 Å². The lowest BCUT2D eigenvalue weighted by Gasteiger charge is -2.09. The fraction of sp³-hybridized carbons (Fsp3) is 0.143. The van der Waals surface area contributed by atoms with Crippen LogP contribution < -0.4 is 15.1 Å². The zero-order chi connectivity index (χ0) is 15.6. The van der Waals surface area contributed by atoms with Crippen molar-refractivity contribution in [2.24, 2.45) is 0 Å². The monoisotopic (exact) mass is 290 g/mol. The van der Waals surface area contributed by atoms with Gasteiger partial charge >= 0.3 is 17.6 Å². The molecule has 0 atom stereocenters. The molecule has 0 N–H and O–H groups in total. The van der Waals surface area contributed by atoms with Gasteiger partial charge in [-0.25, -0.2) is 4.79 Å². The van der Waals surface area contributed by atoms with E-state index in [1.807, 2.05) is 0 Å². The highest BCUT2D eigenvalue weighted by Gasteiger charge is 2.14. The average Bonchev–Trinajstić information content (AvgIpc) is 2.38. The number of ether oxygens (including phenoxy) is 2. The molecule has 0 radical (unpaired) electrons. The van der Waals surface area contributed by atoms with Crippen molar-refractivity contribution in [3.05, 3.63) is 34.2 Å². The van der Waals surface area contributed by atoms with Gasteiger partial charge in [0.15, 0.2) is 17.8 Å². The standard InChI is InChI=1S/C14H10O7/c1-7(16)19-12-4-9-3-10(6-15)14(18)21-11(9)5-13(12)20-8(2)17/h3-6H,1-2H3. The molecule has 0 unspecified atom stereocenters. The Labute approximate surface area is 118 Å². The zero-order valence-electron chi connectivity index (χ0n) is 11.2. The van der Waals surface area contributed by atoms with E-state index in [-0.39, 0.29) is 22.6 Å². The first-order chi connectivity index (χ1) is 9.90. The molecule has 7 heteroatoms. The molecule has 1 heterocycles. The predicted octanol–water partition coefficient (Wildman–Crippen LogP) is 1.46. The number of carbonyl (C=O) groups is 3. The Kier molecular flexibility index (Phi) is 3.84. The molecule has 7 nitrogen and oxygen atoms in total. The van der Waals surface area contributed by atoms with Gasteiger partial charge in [0, 0.05) is 25.3 Å². The molecule has 2 aromatic rings. The van der Waals surface area contributed by atoms with Crippen LogP contribution in [0.1, 0.15) is 24.2 Å². The van der Waals surface area contributed by atoms with Gasteiger partial charge < -0.3 is 13.9 Å². The molecule has 0 aliphatic rings. The summed E-state index contributed by atoms with van der Waals surface area (Å²) < 4.78 is 14.8. The highest BCUT2D eigenvalue weighted by molar-refractivity contribution is 5.88. The summed E-state index contributed by atoms with van der Waals surface area (Å²) in [6, 6.07) is 3.87. The van der Waals surface area contributed by atoms with E-state index in [0.717, 1.165) is 0 Å². The van der Waals surface area contributed by atoms with Crippen LogP contribution in [0.2, 0.25) is 0 Å². The van der Waals surface area contributed by atoms with Crippen molar-refractivity contribution < 1.29 is 28.3 Å². The van der Waals surface area contributed by atoms with Crippen molar-refractivity contribution in [2.45, 2.75) is 13.8 Å². The maximum Gasteiger partial charge on any atom is 0.346 e. The number of hydrogen-bond donors (Lipinski definition) is 0. The molecule has 2 rings (SSSR count). The van der Waals surface area contributed by atoms with Crippen LogP contribution >= 0.6 is 0 Å². The lowest BCUT2D eigenvalue weighted by molar-refractivity contribution is -0.134. The summed E-state index contributed by atoms with van der Waals surface area (Å²) >= 11 is 0. The second-order valence-corrected chi connectivity index (χ2v) is 4.13. The third-order valence-electron chi connectivity index (χ3n) is 2.46. The minimum atomic E-state index is -0.813. The summed E-state index contributed by atoms with van der Waals surface area (Å²) in [5.41, 5.74) is -0.888. The molecular formula is C14H10O7. The van der Waals surface area contributed by atoms with Crippen molar-refractivity contribution in [1.29, 1.82) is 0 Å². The van der Waals surface area contributed by atoms with Gasteiger partial charge in [-0.2, -0.15) is 0 Å². The summed E-state index contributed by atoms with van der Waals surface area (Å²) in [6.07, 6.45) is 0.358. The third kappa shape index (κ3) is 3.14. The normalized spacial score (nSPS) is 10.2. The van der Waals surface area contributed by atoms with Crippen LogP contribution in [0.25, 0.3) is 11.0 Å². The SMILES string of the molecule is CC(=O)Oc1cc2cc(C=O)c(=O)oc2cc1OC(C)=O. The van der Waals surface area contributed by atoms with Crippen LogP contribution in [0.4, 0.5) is 0 Å². The first-order valence-electron chi connectivity index (χ1n) is 5.84. The second-order valence-electron chi connectivity index (χ2n) is 4.13. The van der Waals surface area contributed by atoms with Gasteiger partial charge in [-0.1, -0.05) is 0 Å². The Morgan fingerprint density at radius 3 is 2.14 bits per heavy atom. The first-order valence-corrected chi connectivity index (χ1v) is 5.84. The van der Waals surface area contributed by atoms with E-state index in [0.29, 0.717) is 11.7 Å². The van der Waals surface area contributed by atoms with Gasteiger partial charge in [-0.15, -0.1) is 0 Å². The van der Waals surface area contributed by atoms with Crippen LogP contribution in [0, 0.1) is 0 Å². The highest BCUT2D eigenvalue weighted by atomic mass is 16.6. The molecule has 0 fully saturated rings. The Morgan fingerprint density at radius 1 is 1.05 bits per heavy atom. The lowest BCUT2D eigenvalue weighted by Crippen LogP contribution is -2.09. The number of hydrogen-bond acceptors (Lipinski definition) is 7. The van der Waals surface area contributed by atoms with Gasteiger partial charge in [0.2, 0.25) is 0 Å².